The largest absolute Gasteiger partial charge is 0.466 e. The van der Waals surface area contributed by atoms with Crippen molar-refractivity contribution in [1.29, 1.82) is 0 Å². The van der Waals surface area contributed by atoms with Crippen molar-refractivity contribution in [3.63, 3.8) is 0 Å². The Labute approximate surface area is 99.1 Å². The highest BCUT2D eigenvalue weighted by molar-refractivity contribution is 5.72. The number of hydrogen-bond acceptors (Lipinski definition) is 3. The number of likely N-dealkylation sites (tertiary alicyclic amines) is 1. The van der Waals surface area contributed by atoms with E-state index in [1.54, 1.807) is 0 Å². The summed E-state index contributed by atoms with van der Waals surface area (Å²) in [7, 11) is 2.09. The van der Waals surface area contributed by atoms with Crippen molar-refractivity contribution >= 4 is 5.97 Å². The standard InChI is InChI=1S/C13H25NO2/c1-6-16-12(15)10-7-11(13(2,3)4)9-14(5)8-10/h10-11H,6-9H2,1-5H3/t10-,11+/m0/s1. The molecule has 0 saturated carbocycles. The second kappa shape index (κ2) is 5.17. The van der Waals surface area contributed by atoms with Crippen molar-refractivity contribution in [2.45, 2.75) is 34.1 Å². The van der Waals surface area contributed by atoms with E-state index in [0.29, 0.717) is 12.5 Å². The zero-order chi connectivity index (χ0) is 12.3. The Hall–Kier alpha value is -0.570. The lowest BCUT2D eigenvalue weighted by Crippen LogP contribution is -2.45. The Kier molecular flexibility index (Phi) is 4.36. The third kappa shape index (κ3) is 3.48. The van der Waals surface area contributed by atoms with Crippen LogP contribution in [-0.4, -0.2) is 37.6 Å². The average Bonchev–Trinajstić information content (AvgIpc) is 2.16. The summed E-state index contributed by atoms with van der Waals surface area (Å²) in [5.41, 5.74) is 0.263. The van der Waals surface area contributed by atoms with Crippen molar-refractivity contribution in [2.24, 2.45) is 17.3 Å². The second-order valence-corrected chi connectivity index (χ2v) is 5.97. The molecule has 3 heteroatoms. The van der Waals surface area contributed by atoms with E-state index in [1.165, 1.54) is 0 Å². The van der Waals surface area contributed by atoms with Crippen LogP contribution in [0.4, 0.5) is 0 Å². The number of piperidine rings is 1. The van der Waals surface area contributed by atoms with Crippen LogP contribution < -0.4 is 0 Å². The van der Waals surface area contributed by atoms with Crippen LogP contribution in [0.3, 0.4) is 0 Å². The summed E-state index contributed by atoms with van der Waals surface area (Å²) in [6, 6.07) is 0. The normalized spacial score (nSPS) is 27.8. The summed E-state index contributed by atoms with van der Waals surface area (Å²) in [4.78, 5) is 14.0. The minimum atomic E-state index is -0.0247. The zero-order valence-corrected chi connectivity index (χ0v) is 11.2. The molecule has 0 spiro atoms. The molecule has 1 aliphatic heterocycles. The van der Waals surface area contributed by atoms with Gasteiger partial charge in [0.25, 0.3) is 0 Å². The molecule has 0 aliphatic carbocycles. The molecule has 1 rings (SSSR count). The minimum absolute atomic E-state index is 0.0247. The second-order valence-electron chi connectivity index (χ2n) is 5.97. The van der Waals surface area contributed by atoms with Crippen molar-refractivity contribution in [2.75, 3.05) is 26.7 Å². The van der Waals surface area contributed by atoms with E-state index in [9.17, 15) is 4.79 Å². The number of hydrogen-bond donors (Lipinski definition) is 0. The van der Waals surface area contributed by atoms with Gasteiger partial charge >= 0.3 is 5.97 Å². The first-order valence-corrected chi connectivity index (χ1v) is 6.19. The van der Waals surface area contributed by atoms with Gasteiger partial charge in [-0.25, -0.2) is 0 Å². The fourth-order valence-corrected chi connectivity index (χ4v) is 2.38. The van der Waals surface area contributed by atoms with E-state index < -0.39 is 0 Å². The van der Waals surface area contributed by atoms with E-state index in [0.717, 1.165) is 19.5 Å². The molecule has 1 aliphatic rings. The van der Waals surface area contributed by atoms with Crippen molar-refractivity contribution < 1.29 is 9.53 Å². The monoisotopic (exact) mass is 227 g/mol. The van der Waals surface area contributed by atoms with Gasteiger partial charge in [-0.2, -0.15) is 0 Å². The maximum atomic E-state index is 11.8. The van der Waals surface area contributed by atoms with Gasteiger partial charge in [0.2, 0.25) is 0 Å². The highest BCUT2D eigenvalue weighted by Gasteiger charge is 2.36. The quantitative estimate of drug-likeness (QED) is 0.677. The summed E-state index contributed by atoms with van der Waals surface area (Å²) >= 11 is 0. The number of carbonyl (C=O) groups excluding carboxylic acids is 1. The molecule has 0 aromatic heterocycles. The lowest BCUT2D eigenvalue weighted by molar-refractivity contribution is -0.151. The van der Waals surface area contributed by atoms with Gasteiger partial charge in [0.05, 0.1) is 12.5 Å². The van der Waals surface area contributed by atoms with E-state index in [2.05, 4.69) is 32.7 Å². The van der Waals surface area contributed by atoms with Crippen molar-refractivity contribution in [1.82, 2.24) is 4.90 Å². The van der Waals surface area contributed by atoms with Crippen LogP contribution >= 0.6 is 0 Å². The van der Waals surface area contributed by atoms with Crippen LogP contribution in [0.2, 0.25) is 0 Å². The van der Waals surface area contributed by atoms with Gasteiger partial charge in [0, 0.05) is 13.1 Å². The van der Waals surface area contributed by atoms with Gasteiger partial charge in [-0.1, -0.05) is 20.8 Å². The number of rotatable bonds is 2. The molecule has 0 unspecified atom stereocenters. The topological polar surface area (TPSA) is 29.5 Å². The summed E-state index contributed by atoms with van der Waals surface area (Å²) < 4.78 is 5.13. The smallest absolute Gasteiger partial charge is 0.310 e. The Morgan fingerprint density at radius 2 is 2.00 bits per heavy atom. The van der Waals surface area contributed by atoms with Gasteiger partial charge in [0.1, 0.15) is 0 Å². The summed E-state index contributed by atoms with van der Waals surface area (Å²) in [5, 5.41) is 0. The highest BCUT2D eigenvalue weighted by Crippen LogP contribution is 2.35. The minimum Gasteiger partial charge on any atom is -0.466 e. The molecule has 0 amide bonds. The van der Waals surface area contributed by atoms with Gasteiger partial charge in [-0.3, -0.25) is 4.79 Å². The van der Waals surface area contributed by atoms with Crippen LogP contribution in [0, 0.1) is 17.3 Å². The first-order valence-electron chi connectivity index (χ1n) is 6.19. The van der Waals surface area contributed by atoms with E-state index in [1.807, 2.05) is 6.92 Å². The van der Waals surface area contributed by atoms with Gasteiger partial charge < -0.3 is 9.64 Å². The fraction of sp³-hybridized carbons (Fsp3) is 0.923. The lowest BCUT2D eigenvalue weighted by atomic mass is 9.73. The maximum Gasteiger partial charge on any atom is 0.310 e. The van der Waals surface area contributed by atoms with Gasteiger partial charge in [0.15, 0.2) is 0 Å². The molecule has 0 N–H and O–H groups in total. The average molecular weight is 227 g/mol. The molecule has 16 heavy (non-hydrogen) atoms. The Balaban J connectivity index is 2.64. The highest BCUT2D eigenvalue weighted by atomic mass is 16.5. The molecular formula is C13H25NO2. The molecule has 3 nitrogen and oxygen atoms in total. The van der Waals surface area contributed by atoms with Crippen molar-refractivity contribution in [3.8, 4) is 0 Å². The maximum absolute atomic E-state index is 11.8. The molecule has 1 saturated heterocycles. The molecular weight excluding hydrogens is 202 g/mol. The fourth-order valence-electron chi connectivity index (χ4n) is 2.38. The first kappa shape index (κ1) is 13.5. The molecule has 1 fully saturated rings. The SMILES string of the molecule is CCOC(=O)[C@H]1C[C@@H](C(C)(C)C)CN(C)C1. The zero-order valence-electron chi connectivity index (χ0n) is 11.2. The van der Waals surface area contributed by atoms with Crippen LogP contribution in [0.25, 0.3) is 0 Å². The molecule has 0 aromatic rings. The molecule has 0 aromatic carbocycles. The Bertz CT molecular complexity index is 245. The van der Waals surface area contributed by atoms with Crippen LogP contribution in [-0.2, 0) is 9.53 Å². The predicted octanol–water partition coefficient (Wildman–Crippen LogP) is 2.16. The van der Waals surface area contributed by atoms with Crippen LogP contribution in [0.5, 0.6) is 0 Å². The predicted molar refractivity (Wildman–Crippen MR) is 65.2 cm³/mol. The molecule has 0 bridgehead atoms. The molecule has 1 heterocycles. The number of carbonyl (C=O) groups is 1. The third-order valence-electron chi connectivity index (χ3n) is 3.48. The van der Waals surface area contributed by atoms with E-state index >= 15 is 0 Å². The summed E-state index contributed by atoms with van der Waals surface area (Å²) in [5.74, 6) is 0.604. The number of ether oxygens (including phenoxy) is 1. The third-order valence-corrected chi connectivity index (χ3v) is 3.48. The molecule has 2 atom stereocenters. The van der Waals surface area contributed by atoms with Gasteiger partial charge in [-0.05, 0) is 31.7 Å². The number of nitrogens with zero attached hydrogens (tertiary/aromatic N) is 1. The summed E-state index contributed by atoms with van der Waals surface area (Å²) in [6.07, 6.45) is 0.965. The Morgan fingerprint density at radius 3 is 2.50 bits per heavy atom. The van der Waals surface area contributed by atoms with E-state index in [4.69, 9.17) is 4.74 Å². The van der Waals surface area contributed by atoms with Crippen LogP contribution in [0.15, 0.2) is 0 Å². The van der Waals surface area contributed by atoms with Crippen molar-refractivity contribution in [3.05, 3.63) is 0 Å². The van der Waals surface area contributed by atoms with E-state index in [-0.39, 0.29) is 17.3 Å². The molecule has 94 valence electrons. The Morgan fingerprint density at radius 1 is 1.38 bits per heavy atom. The first-order chi connectivity index (χ1) is 7.34. The molecule has 0 radical (unpaired) electrons. The van der Waals surface area contributed by atoms with Gasteiger partial charge in [-0.15, -0.1) is 0 Å². The summed E-state index contributed by atoms with van der Waals surface area (Å²) in [6.45, 7) is 11.0. The van der Waals surface area contributed by atoms with Crippen LogP contribution in [0.1, 0.15) is 34.1 Å². The number of esters is 1. The lowest BCUT2D eigenvalue weighted by Gasteiger charge is -2.41.